The summed E-state index contributed by atoms with van der Waals surface area (Å²) >= 11 is 0. The molecule has 4 N–H and O–H groups in total. The molecule has 1 saturated heterocycles. The maximum absolute atomic E-state index is 11.9. The van der Waals surface area contributed by atoms with E-state index in [1.807, 2.05) is 32.2 Å². The van der Waals surface area contributed by atoms with E-state index in [4.69, 9.17) is 5.73 Å². The fourth-order valence-electron chi connectivity index (χ4n) is 3.90. The highest BCUT2D eigenvalue weighted by atomic mass is 16.4. The molecule has 28 heavy (non-hydrogen) atoms. The number of nitrogens with one attached hydrogen (secondary N) is 1. The number of hydrogen-bond acceptors (Lipinski definition) is 7. The van der Waals surface area contributed by atoms with Gasteiger partial charge in [-0.25, -0.2) is 4.98 Å². The summed E-state index contributed by atoms with van der Waals surface area (Å²) in [5.74, 6) is 0.368. The first-order valence-electron chi connectivity index (χ1n) is 9.84. The number of carbonyl (C=O) groups is 1. The Morgan fingerprint density at radius 3 is 2.79 bits per heavy atom. The van der Waals surface area contributed by atoms with E-state index in [-0.39, 0.29) is 11.8 Å². The summed E-state index contributed by atoms with van der Waals surface area (Å²) in [6.07, 6.45) is 3.97. The summed E-state index contributed by atoms with van der Waals surface area (Å²) in [6.45, 7) is 6.64. The molecule has 9 nitrogen and oxygen atoms in total. The van der Waals surface area contributed by atoms with Gasteiger partial charge in [-0.05, 0) is 49.3 Å². The predicted octanol–water partition coefficient (Wildman–Crippen LogP) is 1.45. The molecule has 3 atom stereocenters. The number of hydrogen-bond donors (Lipinski definition) is 3. The Labute approximate surface area is 164 Å². The molecular weight excluding hydrogens is 358 g/mol. The SMILES string of the molecule is CC(C)C[C@H](C(=O)O)[C@H](Cc1ccc(N2CCC(CN)C2)nc1)c1nn[nH]n1. The van der Waals surface area contributed by atoms with E-state index in [0.29, 0.717) is 31.1 Å². The quantitative estimate of drug-likeness (QED) is 0.589. The van der Waals surface area contributed by atoms with Crippen molar-refractivity contribution in [2.75, 3.05) is 24.5 Å². The number of carboxylic acid groups (broad SMARTS) is 1. The summed E-state index contributed by atoms with van der Waals surface area (Å²) < 4.78 is 0. The zero-order valence-corrected chi connectivity index (χ0v) is 16.5. The van der Waals surface area contributed by atoms with Gasteiger partial charge in [0.15, 0.2) is 5.82 Å². The molecule has 1 fully saturated rings. The van der Waals surface area contributed by atoms with Gasteiger partial charge < -0.3 is 15.7 Å². The molecule has 1 aliphatic heterocycles. The maximum Gasteiger partial charge on any atom is 0.307 e. The lowest BCUT2D eigenvalue weighted by Gasteiger charge is -2.23. The minimum Gasteiger partial charge on any atom is -0.481 e. The second-order valence-corrected chi connectivity index (χ2v) is 8.02. The van der Waals surface area contributed by atoms with Crippen molar-refractivity contribution in [3.05, 3.63) is 29.7 Å². The summed E-state index contributed by atoms with van der Waals surface area (Å²) in [5.41, 5.74) is 6.73. The van der Waals surface area contributed by atoms with Crippen molar-refractivity contribution < 1.29 is 9.90 Å². The molecule has 2 aromatic heterocycles. The highest BCUT2D eigenvalue weighted by Gasteiger charge is 2.33. The van der Waals surface area contributed by atoms with Gasteiger partial charge >= 0.3 is 5.97 Å². The van der Waals surface area contributed by atoms with Crippen molar-refractivity contribution in [1.82, 2.24) is 25.6 Å². The summed E-state index contributed by atoms with van der Waals surface area (Å²) in [5, 5.41) is 24.0. The van der Waals surface area contributed by atoms with Crippen LogP contribution in [0.4, 0.5) is 5.82 Å². The van der Waals surface area contributed by atoms with Gasteiger partial charge in [-0.3, -0.25) is 4.79 Å². The molecule has 2 aromatic rings. The Bertz CT molecular complexity index is 748. The second kappa shape index (κ2) is 9.09. The molecule has 0 amide bonds. The fourth-order valence-corrected chi connectivity index (χ4v) is 3.90. The Kier molecular flexibility index (Phi) is 6.56. The van der Waals surface area contributed by atoms with Gasteiger partial charge in [0.1, 0.15) is 5.82 Å². The number of rotatable bonds is 9. The number of tetrazole rings is 1. The summed E-state index contributed by atoms with van der Waals surface area (Å²) in [4.78, 5) is 18.8. The first-order valence-corrected chi connectivity index (χ1v) is 9.84. The third-order valence-electron chi connectivity index (χ3n) is 5.43. The number of H-pyrrole nitrogens is 1. The predicted molar refractivity (Wildman–Crippen MR) is 105 cm³/mol. The first-order chi connectivity index (χ1) is 13.5. The van der Waals surface area contributed by atoms with E-state index in [9.17, 15) is 9.90 Å². The number of aromatic nitrogens is 5. The molecule has 0 aromatic carbocycles. The van der Waals surface area contributed by atoms with Crippen molar-refractivity contribution in [3.63, 3.8) is 0 Å². The zero-order valence-electron chi connectivity index (χ0n) is 16.5. The normalized spacial score (nSPS) is 19.1. The van der Waals surface area contributed by atoms with Crippen molar-refractivity contribution in [1.29, 1.82) is 0 Å². The highest BCUT2D eigenvalue weighted by molar-refractivity contribution is 5.71. The molecule has 1 aliphatic rings. The average Bonchev–Trinajstić information content (AvgIpc) is 3.36. The molecular formula is C19H29N7O2. The van der Waals surface area contributed by atoms with Crippen LogP contribution < -0.4 is 10.6 Å². The van der Waals surface area contributed by atoms with Crippen LogP contribution in [0.2, 0.25) is 0 Å². The number of aromatic amines is 1. The molecule has 0 radical (unpaired) electrons. The molecule has 0 bridgehead atoms. The van der Waals surface area contributed by atoms with Gasteiger partial charge in [0.2, 0.25) is 0 Å². The smallest absolute Gasteiger partial charge is 0.307 e. The molecule has 0 spiro atoms. The van der Waals surface area contributed by atoms with Crippen molar-refractivity contribution in [3.8, 4) is 0 Å². The minimum atomic E-state index is -0.835. The van der Waals surface area contributed by atoms with Crippen LogP contribution in [0.15, 0.2) is 18.3 Å². The van der Waals surface area contributed by atoms with Crippen LogP contribution in [0.5, 0.6) is 0 Å². The lowest BCUT2D eigenvalue weighted by atomic mass is 9.81. The van der Waals surface area contributed by atoms with Gasteiger partial charge in [0.05, 0.1) is 5.92 Å². The number of aliphatic carboxylic acids is 1. The van der Waals surface area contributed by atoms with Crippen LogP contribution >= 0.6 is 0 Å². The summed E-state index contributed by atoms with van der Waals surface area (Å²) in [7, 11) is 0. The van der Waals surface area contributed by atoms with Gasteiger partial charge in [-0.1, -0.05) is 25.1 Å². The highest BCUT2D eigenvalue weighted by Crippen LogP contribution is 2.31. The Morgan fingerprint density at radius 2 is 2.25 bits per heavy atom. The van der Waals surface area contributed by atoms with Crippen LogP contribution in [0.1, 0.15) is 44.0 Å². The first kappa shape index (κ1) is 20.2. The molecule has 152 valence electrons. The number of nitrogens with two attached hydrogens (primary N) is 1. The van der Waals surface area contributed by atoms with E-state index >= 15 is 0 Å². The molecule has 1 unspecified atom stereocenters. The molecule has 3 heterocycles. The monoisotopic (exact) mass is 387 g/mol. The van der Waals surface area contributed by atoms with E-state index in [0.717, 1.165) is 30.9 Å². The number of carboxylic acids is 1. The van der Waals surface area contributed by atoms with E-state index in [1.54, 1.807) is 0 Å². The maximum atomic E-state index is 11.9. The lowest BCUT2D eigenvalue weighted by Crippen LogP contribution is -2.26. The van der Waals surface area contributed by atoms with Crippen LogP contribution in [-0.2, 0) is 11.2 Å². The topological polar surface area (TPSA) is 134 Å². The van der Waals surface area contributed by atoms with E-state index < -0.39 is 11.9 Å². The molecule has 0 aliphatic carbocycles. The van der Waals surface area contributed by atoms with Gasteiger partial charge in [0, 0.05) is 25.2 Å². The standard InChI is InChI=1S/C19H29N7O2/c1-12(2)7-16(19(27)28)15(18-22-24-25-23-18)8-13-3-4-17(21-10-13)26-6-5-14(9-20)11-26/h3-4,10,12,14-16H,5-9,11,20H2,1-2H3,(H,27,28)(H,22,23,24,25)/t14?,15-,16-/m0/s1. The third kappa shape index (κ3) is 4.83. The Morgan fingerprint density at radius 1 is 1.43 bits per heavy atom. The van der Waals surface area contributed by atoms with Crippen LogP contribution in [-0.4, -0.2) is 56.3 Å². The number of pyridine rings is 1. The minimum absolute atomic E-state index is 0.252. The lowest BCUT2D eigenvalue weighted by molar-refractivity contribution is -0.143. The molecule has 3 rings (SSSR count). The molecule has 0 saturated carbocycles. The van der Waals surface area contributed by atoms with Gasteiger partial charge in [0.25, 0.3) is 0 Å². The number of anilines is 1. The zero-order chi connectivity index (χ0) is 20.1. The molecule has 9 heteroatoms. The summed E-state index contributed by atoms with van der Waals surface area (Å²) in [6, 6.07) is 4.01. The van der Waals surface area contributed by atoms with Crippen LogP contribution in [0.3, 0.4) is 0 Å². The number of nitrogens with zero attached hydrogens (tertiary/aromatic N) is 5. The largest absolute Gasteiger partial charge is 0.481 e. The van der Waals surface area contributed by atoms with Crippen molar-refractivity contribution >= 4 is 11.8 Å². The Balaban J connectivity index is 1.76. The second-order valence-electron chi connectivity index (χ2n) is 8.02. The third-order valence-corrected chi connectivity index (χ3v) is 5.43. The van der Waals surface area contributed by atoms with Gasteiger partial charge in [-0.15, -0.1) is 10.2 Å². The average molecular weight is 387 g/mol. The van der Waals surface area contributed by atoms with Crippen molar-refractivity contribution in [2.45, 2.75) is 39.0 Å². The van der Waals surface area contributed by atoms with E-state index in [2.05, 4.69) is 30.5 Å². The van der Waals surface area contributed by atoms with Gasteiger partial charge in [-0.2, -0.15) is 5.21 Å². The van der Waals surface area contributed by atoms with E-state index in [1.165, 1.54) is 0 Å². The fraction of sp³-hybridized carbons (Fsp3) is 0.632. The van der Waals surface area contributed by atoms with Crippen LogP contribution in [0, 0.1) is 17.8 Å². The van der Waals surface area contributed by atoms with Crippen LogP contribution in [0.25, 0.3) is 0 Å². The Hall–Kier alpha value is -2.55. The van der Waals surface area contributed by atoms with Crippen molar-refractivity contribution in [2.24, 2.45) is 23.5 Å².